The topological polar surface area (TPSA) is 71.0 Å². The maximum atomic E-state index is 5.42. The van der Waals surface area contributed by atoms with E-state index in [2.05, 4.69) is 48.8 Å². The quantitative estimate of drug-likeness (QED) is 0.411. The number of nitrogens with zero attached hydrogens (tertiary/aromatic N) is 4. The third-order valence-corrected chi connectivity index (χ3v) is 5.47. The summed E-state index contributed by atoms with van der Waals surface area (Å²) in [4.78, 5) is 14.7. The number of halogens is 2. The Morgan fingerprint density at radius 2 is 1.97 bits per heavy atom. The van der Waals surface area contributed by atoms with Crippen molar-refractivity contribution < 1.29 is 4.74 Å². The normalized spacial score (nSPS) is 14.5. The summed E-state index contributed by atoms with van der Waals surface area (Å²) in [5.74, 6) is 0.886. The van der Waals surface area contributed by atoms with Gasteiger partial charge in [-0.3, -0.25) is 4.90 Å². The summed E-state index contributed by atoms with van der Waals surface area (Å²) in [6.07, 6.45) is 3.91. The Kier molecular flexibility index (Phi) is 9.10. The number of anilines is 1. The molecule has 1 aromatic carbocycles. The van der Waals surface area contributed by atoms with Gasteiger partial charge in [0.25, 0.3) is 0 Å². The first kappa shape index (κ1) is 23.8. The van der Waals surface area contributed by atoms with Crippen LogP contribution in [0.25, 0.3) is 21.9 Å². The predicted octanol–water partition coefficient (Wildman–Crippen LogP) is 4.03. The third-order valence-electron chi connectivity index (χ3n) is 5.14. The van der Waals surface area contributed by atoms with Crippen LogP contribution in [0.5, 0.6) is 0 Å². The fraction of sp³-hybridized carbons (Fsp3) is 0.526. The summed E-state index contributed by atoms with van der Waals surface area (Å²) in [6.45, 7) is 8.81. The number of benzene rings is 1. The smallest absolute Gasteiger partial charge is 0.178 e. The van der Waals surface area contributed by atoms with E-state index in [-0.39, 0.29) is 24.8 Å². The van der Waals surface area contributed by atoms with Gasteiger partial charge in [0.05, 0.1) is 29.8 Å². The maximum Gasteiger partial charge on any atom is 0.178 e. The van der Waals surface area contributed by atoms with Crippen LogP contribution in [0, 0.1) is 4.77 Å². The summed E-state index contributed by atoms with van der Waals surface area (Å²) in [5.41, 5.74) is 3.05. The van der Waals surface area contributed by atoms with Gasteiger partial charge in [0.2, 0.25) is 0 Å². The maximum absolute atomic E-state index is 5.42. The number of ether oxygens (including phenoxy) is 1. The molecule has 2 N–H and O–H groups in total. The molecule has 4 rings (SSSR count). The number of fused-ring (bicyclic) bond motifs is 2. The van der Waals surface area contributed by atoms with Gasteiger partial charge >= 0.3 is 0 Å². The monoisotopic (exact) mass is 458 g/mol. The van der Waals surface area contributed by atoms with Crippen LogP contribution in [-0.4, -0.2) is 63.8 Å². The van der Waals surface area contributed by atoms with Gasteiger partial charge in [-0.05, 0) is 50.7 Å². The SMILES string of the molecule is CCn1c(=S)[nH]c2cc3c(NCCCCN4CCOCC4)ncnc3cc21.Cl.Cl. The molecule has 0 radical (unpaired) electrons. The highest BCUT2D eigenvalue weighted by Gasteiger charge is 2.11. The second-order valence-electron chi connectivity index (χ2n) is 6.87. The van der Waals surface area contributed by atoms with Crippen LogP contribution in [0.3, 0.4) is 0 Å². The second-order valence-corrected chi connectivity index (χ2v) is 7.26. The van der Waals surface area contributed by atoms with Crippen molar-refractivity contribution in [1.29, 1.82) is 0 Å². The summed E-state index contributed by atoms with van der Waals surface area (Å²) in [5, 5.41) is 4.51. The number of imidazole rings is 1. The van der Waals surface area contributed by atoms with Gasteiger partial charge in [-0.1, -0.05) is 0 Å². The van der Waals surface area contributed by atoms with E-state index >= 15 is 0 Å². The van der Waals surface area contributed by atoms with Crippen molar-refractivity contribution in [1.82, 2.24) is 24.4 Å². The van der Waals surface area contributed by atoms with Crippen LogP contribution in [0.4, 0.5) is 5.82 Å². The van der Waals surface area contributed by atoms with E-state index in [0.717, 1.165) is 84.9 Å². The van der Waals surface area contributed by atoms with Crippen molar-refractivity contribution >= 4 is 64.8 Å². The molecule has 1 saturated heterocycles. The highest BCUT2D eigenvalue weighted by Crippen LogP contribution is 2.25. The van der Waals surface area contributed by atoms with Gasteiger partial charge in [0.1, 0.15) is 12.1 Å². The van der Waals surface area contributed by atoms with E-state index in [4.69, 9.17) is 17.0 Å². The molecular weight excluding hydrogens is 431 g/mol. The van der Waals surface area contributed by atoms with Crippen LogP contribution in [0.15, 0.2) is 18.5 Å². The third kappa shape index (κ3) is 5.38. The van der Waals surface area contributed by atoms with E-state index in [9.17, 15) is 0 Å². The lowest BCUT2D eigenvalue weighted by Gasteiger charge is -2.26. The van der Waals surface area contributed by atoms with Gasteiger partial charge < -0.3 is 19.6 Å². The van der Waals surface area contributed by atoms with E-state index in [1.807, 2.05) is 0 Å². The standard InChI is InChI=1S/C19H26N6OS.2ClH/c1-2-25-17-12-15-14(11-16(17)23-19(25)27)18(22-13-21-15)20-5-3-4-6-24-7-9-26-10-8-24;;/h11-13H,2-10H2,1H3,(H,23,27)(H,20,21,22);2*1H. The van der Waals surface area contributed by atoms with Crippen molar-refractivity contribution in [3.8, 4) is 0 Å². The van der Waals surface area contributed by atoms with Crippen LogP contribution >= 0.6 is 37.0 Å². The van der Waals surface area contributed by atoms with Gasteiger partial charge in [0, 0.05) is 31.6 Å². The number of hydrogen-bond acceptors (Lipinski definition) is 6. The number of H-pyrrole nitrogens is 1. The molecule has 7 nitrogen and oxygen atoms in total. The molecule has 0 amide bonds. The fourth-order valence-electron chi connectivity index (χ4n) is 3.65. The van der Waals surface area contributed by atoms with Crippen LogP contribution < -0.4 is 5.32 Å². The zero-order chi connectivity index (χ0) is 18.6. The second kappa shape index (κ2) is 11.1. The van der Waals surface area contributed by atoms with Crippen LogP contribution in [-0.2, 0) is 11.3 Å². The van der Waals surface area contributed by atoms with Crippen molar-refractivity contribution in [3.05, 3.63) is 23.2 Å². The minimum absolute atomic E-state index is 0. The number of nitrogens with one attached hydrogen (secondary N) is 2. The van der Waals surface area contributed by atoms with E-state index in [1.54, 1.807) is 6.33 Å². The molecule has 0 bridgehead atoms. The predicted molar refractivity (Wildman–Crippen MR) is 125 cm³/mol. The number of aromatic nitrogens is 4. The minimum atomic E-state index is 0. The Balaban J connectivity index is 0.00000150. The summed E-state index contributed by atoms with van der Waals surface area (Å²) < 4.78 is 8.23. The van der Waals surface area contributed by atoms with Gasteiger partial charge in [-0.25, -0.2) is 9.97 Å². The zero-order valence-electron chi connectivity index (χ0n) is 16.5. The molecule has 1 fully saturated rings. The molecule has 3 aromatic rings. The van der Waals surface area contributed by atoms with Gasteiger partial charge in [-0.15, -0.1) is 24.8 Å². The highest BCUT2D eigenvalue weighted by molar-refractivity contribution is 7.71. The first-order valence-corrected chi connectivity index (χ1v) is 10.1. The molecule has 0 aliphatic carbocycles. The van der Waals surface area contributed by atoms with Crippen molar-refractivity contribution in [2.45, 2.75) is 26.3 Å². The number of morpholine rings is 1. The molecule has 3 heterocycles. The summed E-state index contributed by atoms with van der Waals surface area (Å²) in [7, 11) is 0. The first-order valence-electron chi connectivity index (χ1n) is 9.67. The first-order chi connectivity index (χ1) is 13.3. The van der Waals surface area contributed by atoms with Crippen LogP contribution in [0.2, 0.25) is 0 Å². The number of unbranched alkanes of at least 4 members (excludes halogenated alkanes) is 1. The van der Waals surface area contributed by atoms with E-state index in [0.29, 0.717) is 0 Å². The lowest BCUT2D eigenvalue weighted by Crippen LogP contribution is -2.36. The Labute approximate surface area is 188 Å². The Morgan fingerprint density at radius 3 is 2.72 bits per heavy atom. The van der Waals surface area contributed by atoms with Crippen molar-refractivity contribution in [2.24, 2.45) is 0 Å². The van der Waals surface area contributed by atoms with E-state index in [1.165, 1.54) is 6.42 Å². The molecular formula is C19H28Cl2N6OS. The van der Waals surface area contributed by atoms with Crippen LogP contribution in [0.1, 0.15) is 19.8 Å². The molecule has 2 aromatic heterocycles. The number of rotatable bonds is 7. The van der Waals surface area contributed by atoms with Crippen molar-refractivity contribution in [2.75, 3.05) is 44.7 Å². The fourth-order valence-corrected chi connectivity index (χ4v) is 3.99. The Bertz CT molecular complexity index is 986. The lowest BCUT2D eigenvalue weighted by atomic mass is 10.2. The van der Waals surface area contributed by atoms with E-state index < -0.39 is 0 Å². The number of aromatic amines is 1. The lowest BCUT2D eigenvalue weighted by molar-refractivity contribution is 0.0373. The largest absolute Gasteiger partial charge is 0.379 e. The molecule has 0 saturated carbocycles. The molecule has 0 atom stereocenters. The molecule has 29 heavy (non-hydrogen) atoms. The number of hydrogen-bond donors (Lipinski definition) is 2. The van der Waals surface area contributed by atoms with Gasteiger partial charge in [-0.2, -0.15) is 0 Å². The minimum Gasteiger partial charge on any atom is -0.379 e. The molecule has 160 valence electrons. The zero-order valence-corrected chi connectivity index (χ0v) is 19.0. The molecule has 0 spiro atoms. The molecule has 1 aliphatic heterocycles. The Morgan fingerprint density at radius 1 is 1.17 bits per heavy atom. The summed E-state index contributed by atoms with van der Waals surface area (Å²) in [6, 6.07) is 4.19. The van der Waals surface area contributed by atoms with Gasteiger partial charge in [0.15, 0.2) is 4.77 Å². The van der Waals surface area contributed by atoms with Crippen molar-refractivity contribution in [3.63, 3.8) is 0 Å². The Hall–Kier alpha value is -1.45. The molecule has 1 aliphatic rings. The average molecular weight is 459 g/mol. The highest BCUT2D eigenvalue weighted by atomic mass is 35.5. The average Bonchev–Trinajstić information content (AvgIpc) is 3.01. The molecule has 10 heteroatoms. The number of aryl methyl sites for hydroxylation is 1. The summed E-state index contributed by atoms with van der Waals surface area (Å²) >= 11 is 5.42. The molecule has 0 unspecified atom stereocenters.